The largest absolute Gasteiger partial charge is 0.480 e. The van der Waals surface area contributed by atoms with Crippen LogP contribution in [0.4, 0.5) is 0 Å². The molecule has 1 aromatic rings. The first-order valence-electron chi connectivity index (χ1n) is 5.48. The zero-order valence-electron chi connectivity index (χ0n) is 10.1. The number of carbonyl (C=O) groups is 1. The molecule has 0 amide bonds. The Morgan fingerprint density at radius 1 is 1.53 bits per heavy atom. The van der Waals surface area contributed by atoms with Crippen LogP contribution in [-0.2, 0) is 14.8 Å². The Bertz CT molecular complexity index is 576. The predicted octanol–water partition coefficient (Wildman–Crippen LogP) is 2.63. The Labute approximate surface area is 125 Å². The first-order chi connectivity index (χ1) is 8.77. The summed E-state index contributed by atoms with van der Waals surface area (Å²) in [5, 5.41) is 9.33. The van der Waals surface area contributed by atoms with Crippen LogP contribution in [0.2, 0.25) is 5.02 Å². The maximum atomic E-state index is 12.0. The molecule has 0 aliphatic rings. The number of sulfonamides is 1. The summed E-state index contributed by atoms with van der Waals surface area (Å²) in [5.41, 5.74) is 0. The van der Waals surface area contributed by atoms with Crippen molar-refractivity contribution in [1.82, 2.24) is 4.72 Å². The topological polar surface area (TPSA) is 83.5 Å². The molecule has 0 spiro atoms. The third kappa shape index (κ3) is 4.45. The summed E-state index contributed by atoms with van der Waals surface area (Å²) < 4.78 is 26.7. The van der Waals surface area contributed by atoms with Crippen molar-refractivity contribution in [3.05, 3.63) is 27.7 Å². The number of hydrogen-bond acceptors (Lipinski definition) is 3. The van der Waals surface area contributed by atoms with Gasteiger partial charge in [-0.1, -0.05) is 24.9 Å². The number of hydrogen-bond donors (Lipinski definition) is 2. The Kier molecular flexibility index (Phi) is 5.79. The van der Waals surface area contributed by atoms with Gasteiger partial charge >= 0.3 is 5.97 Å². The molecule has 0 aromatic heterocycles. The molecule has 0 bridgehead atoms. The number of carboxylic acids is 1. The van der Waals surface area contributed by atoms with E-state index in [-0.39, 0.29) is 11.3 Å². The zero-order valence-corrected chi connectivity index (χ0v) is 13.2. The van der Waals surface area contributed by atoms with E-state index in [9.17, 15) is 13.2 Å². The predicted molar refractivity (Wildman–Crippen MR) is 75.8 cm³/mol. The van der Waals surface area contributed by atoms with Crippen LogP contribution in [-0.4, -0.2) is 25.5 Å². The number of nitrogens with one attached hydrogen (secondary N) is 1. The molecule has 106 valence electrons. The maximum absolute atomic E-state index is 12.0. The van der Waals surface area contributed by atoms with E-state index in [4.69, 9.17) is 16.7 Å². The minimum atomic E-state index is -3.89. The minimum absolute atomic E-state index is 0.0360. The van der Waals surface area contributed by atoms with Gasteiger partial charge in [0.05, 0.1) is 9.92 Å². The molecule has 0 saturated heterocycles. The Morgan fingerprint density at radius 3 is 2.63 bits per heavy atom. The molecule has 8 heteroatoms. The van der Waals surface area contributed by atoms with Crippen molar-refractivity contribution in [3.63, 3.8) is 0 Å². The number of benzene rings is 1. The van der Waals surface area contributed by atoms with E-state index in [2.05, 4.69) is 20.7 Å². The average molecular weight is 371 g/mol. The van der Waals surface area contributed by atoms with Gasteiger partial charge in [-0.3, -0.25) is 4.79 Å². The Morgan fingerprint density at radius 2 is 2.16 bits per heavy atom. The van der Waals surface area contributed by atoms with E-state index in [1.165, 1.54) is 18.2 Å². The van der Waals surface area contributed by atoms with E-state index in [0.717, 1.165) is 0 Å². The second-order valence-corrected chi connectivity index (χ2v) is 6.85. The SMILES string of the molecule is CCCC(NS(=O)(=O)c1ccc(Cl)c(Br)c1)C(=O)O. The Hall–Kier alpha value is -0.630. The fraction of sp³-hybridized carbons (Fsp3) is 0.364. The molecule has 0 radical (unpaired) electrons. The second-order valence-electron chi connectivity index (χ2n) is 3.88. The lowest BCUT2D eigenvalue weighted by atomic mass is 10.2. The molecular formula is C11H13BrClNO4S. The van der Waals surface area contributed by atoms with Crippen LogP contribution in [0.1, 0.15) is 19.8 Å². The smallest absolute Gasteiger partial charge is 0.321 e. The van der Waals surface area contributed by atoms with Crippen molar-refractivity contribution in [3.8, 4) is 0 Å². The highest BCUT2D eigenvalue weighted by Crippen LogP contribution is 2.25. The van der Waals surface area contributed by atoms with Crippen LogP contribution in [0.25, 0.3) is 0 Å². The first-order valence-corrected chi connectivity index (χ1v) is 8.13. The molecular weight excluding hydrogens is 358 g/mol. The van der Waals surface area contributed by atoms with Crippen LogP contribution < -0.4 is 4.72 Å². The van der Waals surface area contributed by atoms with Crippen LogP contribution >= 0.6 is 27.5 Å². The highest BCUT2D eigenvalue weighted by Gasteiger charge is 2.24. The molecule has 1 atom stereocenters. The van der Waals surface area contributed by atoms with Crippen molar-refractivity contribution < 1.29 is 18.3 Å². The van der Waals surface area contributed by atoms with Crippen molar-refractivity contribution in [1.29, 1.82) is 0 Å². The molecule has 1 aromatic carbocycles. The van der Waals surface area contributed by atoms with Crippen LogP contribution in [0, 0.1) is 0 Å². The second kappa shape index (κ2) is 6.69. The lowest BCUT2D eigenvalue weighted by molar-refractivity contribution is -0.139. The van der Waals surface area contributed by atoms with E-state index in [1.807, 2.05) is 0 Å². The fourth-order valence-corrected chi connectivity index (χ4v) is 3.32. The fourth-order valence-electron chi connectivity index (χ4n) is 1.42. The van der Waals surface area contributed by atoms with Crippen LogP contribution in [0.15, 0.2) is 27.6 Å². The summed E-state index contributed by atoms with van der Waals surface area (Å²) in [6.45, 7) is 1.78. The molecule has 0 fully saturated rings. The number of aliphatic carboxylic acids is 1. The van der Waals surface area contributed by atoms with Crippen molar-refractivity contribution in [2.75, 3.05) is 0 Å². The molecule has 5 nitrogen and oxygen atoms in total. The van der Waals surface area contributed by atoms with Gasteiger partial charge in [-0.15, -0.1) is 0 Å². The summed E-state index contributed by atoms with van der Waals surface area (Å²) in [5.74, 6) is -1.20. The van der Waals surface area contributed by atoms with Crippen molar-refractivity contribution in [2.45, 2.75) is 30.7 Å². The van der Waals surface area contributed by atoms with E-state index >= 15 is 0 Å². The van der Waals surface area contributed by atoms with E-state index in [0.29, 0.717) is 15.9 Å². The molecule has 1 unspecified atom stereocenters. The average Bonchev–Trinajstić information content (AvgIpc) is 2.31. The third-order valence-corrected chi connectivity index (χ3v) is 5.06. The normalized spacial score (nSPS) is 13.2. The van der Waals surface area contributed by atoms with Gasteiger partial charge in [0, 0.05) is 4.47 Å². The van der Waals surface area contributed by atoms with Gasteiger partial charge in [0.15, 0.2) is 0 Å². The first kappa shape index (κ1) is 16.4. The van der Waals surface area contributed by atoms with Gasteiger partial charge in [-0.05, 0) is 40.5 Å². The summed E-state index contributed by atoms with van der Waals surface area (Å²) in [6, 6.07) is 2.94. The number of rotatable bonds is 6. The van der Waals surface area contributed by atoms with Crippen molar-refractivity contribution in [2.24, 2.45) is 0 Å². The van der Waals surface area contributed by atoms with Gasteiger partial charge in [-0.2, -0.15) is 4.72 Å². The molecule has 0 saturated carbocycles. The molecule has 0 aliphatic carbocycles. The van der Waals surface area contributed by atoms with Gasteiger partial charge in [0.25, 0.3) is 0 Å². The van der Waals surface area contributed by atoms with E-state index < -0.39 is 22.0 Å². The van der Waals surface area contributed by atoms with Crippen LogP contribution in [0.5, 0.6) is 0 Å². The summed E-state index contributed by atoms with van der Waals surface area (Å²) in [6.07, 6.45) is 0.785. The third-order valence-electron chi connectivity index (χ3n) is 2.37. The summed E-state index contributed by atoms with van der Waals surface area (Å²) in [7, 11) is -3.89. The lowest BCUT2D eigenvalue weighted by Gasteiger charge is -2.14. The quantitative estimate of drug-likeness (QED) is 0.806. The van der Waals surface area contributed by atoms with E-state index in [1.54, 1.807) is 6.92 Å². The zero-order chi connectivity index (χ0) is 14.6. The summed E-state index contributed by atoms with van der Waals surface area (Å²) >= 11 is 8.90. The van der Waals surface area contributed by atoms with Crippen molar-refractivity contribution >= 4 is 43.5 Å². The highest BCUT2D eigenvalue weighted by atomic mass is 79.9. The Balaban J connectivity index is 3.03. The number of carboxylic acid groups (broad SMARTS) is 1. The van der Waals surface area contributed by atoms with Gasteiger partial charge < -0.3 is 5.11 Å². The molecule has 1 rings (SSSR count). The molecule has 0 heterocycles. The molecule has 2 N–H and O–H groups in total. The highest BCUT2D eigenvalue weighted by molar-refractivity contribution is 9.10. The lowest BCUT2D eigenvalue weighted by Crippen LogP contribution is -2.40. The number of halogens is 2. The van der Waals surface area contributed by atoms with Gasteiger partial charge in [-0.25, -0.2) is 8.42 Å². The maximum Gasteiger partial charge on any atom is 0.321 e. The molecule has 19 heavy (non-hydrogen) atoms. The minimum Gasteiger partial charge on any atom is -0.480 e. The van der Waals surface area contributed by atoms with Gasteiger partial charge in [0.2, 0.25) is 10.0 Å². The molecule has 0 aliphatic heterocycles. The standard InChI is InChI=1S/C11H13BrClNO4S/c1-2-3-10(11(15)16)14-19(17,18)7-4-5-9(13)8(12)6-7/h4-6,10,14H,2-3H2,1H3,(H,15,16). The monoisotopic (exact) mass is 369 g/mol. The van der Waals surface area contributed by atoms with Crippen LogP contribution in [0.3, 0.4) is 0 Å². The van der Waals surface area contributed by atoms with Gasteiger partial charge in [0.1, 0.15) is 6.04 Å². The summed E-state index contributed by atoms with van der Waals surface area (Å²) in [4.78, 5) is 10.9.